The van der Waals surface area contributed by atoms with Crippen LogP contribution in [0.4, 0.5) is 0 Å². The van der Waals surface area contributed by atoms with Gasteiger partial charge in [0.1, 0.15) is 0 Å². The normalized spacial score (nSPS) is 11.0. The molecule has 2 heterocycles. The SMILES string of the molecule is Cc1nc2sccn2c1CNCC(N)=O. The van der Waals surface area contributed by atoms with Gasteiger partial charge in [0.2, 0.25) is 5.91 Å². The van der Waals surface area contributed by atoms with Gasteiger partial charge in [0.25, 0.3) is 0 Å². The number of nitrogens with one attached hydrogen (secondary N) is 1. The lowest BCUT2D eigenvalue weighted by atomic mass is 10.3. The van der Waals surface area contributed by atoms with E-state index in [1.165, 1.54) is 0 Å². The molecular weight excluding hydrogens is 212 g/mol. The van der Waals surface area contributed by atoms with Crippen LogP contribution in [0.2, 0.25) is 0 Å². The third kappa shape index (κ3) is 2.00. The summed E-state index contributed by atoms with van der Waals surface area (Å²) in [6, 6.07) is 0. The molecule has 0 aliphatic heterocycles. The molecule has 0 radical (unpaired) electrons. The summed E-state index contributed by atoms with van der Waals surface area (Å²) in [5.41, 5.74) is 7.10. The first kappa shape index (κ1) is 10.1. The summed E-state index contributed by atoms with van der Waals surface area (Å²) in [4.78, 5) is 15.9. The van der Waals surface area contributed by atoms with Crippen LogP contribution in [0.3, 0.4) is 0 Å². The van der Waals surface area contributed by atoms with E-state index in [0.717, 1.165) is 16.3 Å². The van der Waals surface area contributed by atoms with Crippen molar-refractivity contribution in [3.8, 4) is 0 Å². The predicted octanol–water partition coefficient (Wildman–Crippen LogP) is 0.279. The highest BCUT2D eigenvalue weighted by molar-refractivity contribution is 7.15. The van der Waals surface area contributed by atoms with E-state index in [9.17, 15) is 4.79 Å². The van der Waals surface area contributed by atoms with E-state index in [0.29, 0.717) is 6.54 Å². The van der Waals surface area contributed by atoms with Gasteiger partial charge in [-0.05, 0) is 6.92 Å². The molecular formula is C9H12N4OS. The van der Waals surface area contributed by atoms with Gasteiger partial charge in [0.15, 0.2) is 4.96 Å². The minimum atomic E-state index is -0.348. The molecule has 80 valence electrons. The lowest BCUT2D eigenvalue weighted by molar-refractivity contribution is -0.117. The van der Waals surface area contributed by atoms with Crippen molar-refractivity contribution < 1.29 is 4.79 Å². The number of nitrogens with two attached hydrogens (primary N) is 1. The van der Waals surface area contributed by atoms with Crippen LogP contribution in [0.25, 0.3) is 4.96 Å². The number of hydrogen-bond acceptors (Lipinski definition) is 4. The second-order valence-corrected chi connectivity index (χ2v) is 4.14. The van der Waals surface area contributed by atoms with Gasteiger partial charge in [-0.3, -0.25) is 9.20 Å². The molecule has 2 aromatic heterocycles. The van der Waals surface area contributed by atoms with E-state index in [1.54, 1.807) is 11.3 Å². The van der Waals surface area contributed by atoms with Gasteiger partial charge in [0, 0.05) is 18.1 Å². The van der Waals surface area contributed by atoms with Crippen LogP contribution in [0.5, 0.6) is 0 Å². The highest BCUT2D eigenvalue weighted by Gasteiger charge is 2.08. The molecule has 0 aliphatic rings. The minimum absolute atomic E-state index is 0.191. The lowest BCUT2D eigenvalue weighted by Crippen LogP contribution is -2.28. The summed E-state index contributed by atoms with van der Waals surface area (Å²) in [6.07, 6.45) is 1.97. The van der Waals surface area contributed by atoms with Crippen molar-refractivity contribution in [2.24, 2.45) is 5.73 Å². The van der Waals surface area contributed by atoms with Crippen LogP contribution >= 0.6 is 11.3 Å². The maximum atomic E-state index is 10.6. The maximum Gasteiger partial charge on any atom is 0.231 e. The zero-order chi connectivity index (χ0) is 10.8. The molecule has 0 fully saturated rings. The second-order valence-electron chi connectivity index (χ2n) is 3.27. The summed E-state index contributed by atoms with van der Waals surface area (Å²) >= 11 is 1.59. The Morgan fingerprint density at radius 1 is 1.73 bits per heavy atom. The Balaban J connectivity index is 2.15. The number of nitrogens with zero attached hydrogens (tertiary/aromatic N) is 2. The monoisotopic (exact) mass is 224 g/mol. The molecule has 2 rings (SSSR count). The Bertz CT molecular complexity index is 487. The van der Waals surface area contributed by atoms with Gasteiger partial charge >= 0.3 is 0 Å². The molecule has 5 nitrogen and oxygen atoms in total. The van der Waals surface area contributed by atoms with Gasteiger partial charge in [-0.25, -0.2) is 4.98 Å². The molecule has 0 saturated carbocycles. The molecule has 15 heavy (non-hydrogen) atoms. The van der Waals surface area contributed by atoms with Crippen LogP contribution in [-0.4, -0.2) is 21.8 Å². The first-order valence-corrected chi connectivity index (χ1v) is 5.46. The molecule has 1 amide bonds. The number of thiazole rings is 1. The third-order valence-corrected chi connectivity index (χ3v) is 2.91. The molecule has 0 unspecified atom stereocenters. The Labute approximate surface area is 90.9 Å². The zero-order valence-electron chi connectivity index (χ0n) is 8.36. The van der Waals surface area contributed by atoms with Crippen molar-refractivity contribution in [3.63, 3.8) is 0 Å². The second kappa shape index (κ2) is 4.00. The van der Waals surface area contributed by atoms with Crippen LogP contribution in [0.15, 0.2) is 11.6 Å². The van der Waals surface area contributed by atoms with Gasteiger partial charge in [-0.1, -0.05) is 0 Å². The van der Waals surface area contributed by atoms with Crippen LogP contribution in [0, 0.1) is 6.92 Å². The first-order valence-electron chi connectivity index (χ1n) is 4.58. The molecule has 6 heteroatoms. The number of aryl methyl sites for hydroxylation is 1. The maximum absolute atomic E-state index is 10.6. The van der Waals surface area contributed by atoms with Gasteiger partial charge in [-0.15, -0.1) is 11.3 Å². The highest BCUT2D eigenvalue weighted by Crippen LogP contribution is 2.16. The molecule has 0 aromatic carbocycles. The fraction of sp³-hybridized carbons (Fsp3) is 0.333. The Morgan fingerprint density at radius 2 is 2.53 bits per heavy atom. The summed E-state index contributed by atoms with van der Waals surface area (Å²) in [6.45, 7) is 2.75. The van der Waals surface area contributed by atoms with Gasteiger partial charge < -0.3 is 11.1 Å². The molecule has 0 atom stereocenters. The van der Waals surface area contributed by atoms with E-state index in [4.69, 9.17) is 5.73 Å². The molecule has 0 saturated heterocycles. The van der Waals surface area contributed by atoms with E-state index in [-0.39, 0.29) is 12.5 Å². The van der Waals surface area contributed by atoms with Crippen molar-refractivity contribution >= 4 is 22.2 Å². The lowest BCUT2D eigenvalue weighted by Gasteiger charge is -2.02. The quantitative estimate of drug-likeness (QED) is 0.783. The molecule has 2 aromatic rings. The van der Waals surface area contributed by atoms with E-state index >= 15 is 0 Å². The highest BCUT2D eigenvalue weighted by atomic mass is 32.1. The average Bonchev–Trinajstić information content (AvgIpc) is 2.68. The average molecular weight is 224 g/mol. The van der Waals surface area contributed by atoms with Crippen molar-refractivity contribution in [1.29, 1.82) is 0 Å². The first-order chi connectivity index (χ1) is 7.18. The summed E-state index contributed by atoms with van der Waals surface area (Å²) in [5, 5.41) is 4.96. The molecule has 0 bridgehead atoms. The van der Waals surface area contributed by atoms with Gasteiger partial charge in [-0.2, -0.15) is 0 Å². The Hall–Kier alpha value is -1.40. The number of hydrogen-bond donors (Lipinski definition) is 2. The number of carbonyl (C=O) groups excluding carboxylic acids is 1. The Morgan fingerprint density at radius 3 is 3.27 bits per heavy atom. The number of fused-ring (bicyclic) bond motifs is 1. The van der Waals surface area contributed by atoms with Gasteiger partial charge in [0.05, 0.1) is 17.9 Å². The fourth-order valence-corrected chi connectivity index (χ4v) is 2.24. The summed E-state index contributed by atoms with van der Waals surface area (Å²) < 4.78 is 2.02. The van der Waals surface area contributed by atoms with Crippen LogP contribution in [0.1, 0.15) is 11.4 Å². The van der Waals surface area contributed by atoms with Crippen LogP contribution in [-0.2, 0) is 11.3 Å². The fourth-order valence-electron chi connectivity index (χ4n) is 1.46. The number of rotatable bonds is 4. The topological polar surface area (TPSA) is 72.4 Å². The van der Waals surface area contributed by atoms with Crippen molar-refractivity contribution in [1.82, 2.24) is 14.7 Å². The molecule has 3 N–H and O–H groups in total. The standard InChI is InChI=1S/C9H12N4OS/c1-6-7(4-11-5-8(10)14)13-2-3-15-9(13)12-6/h2-3,11H,4-5H2,1H3,(H2,10,14). The smallest absolute Gasteiger partial charge is 0.231 e. The summed E-state index contributed by atoms with van der Waals surface area (Å²) in [5.74, 6) is -0.348. The number of primary amides is 1. The number of imidazole rings is 1. The minimum Gasteiger partial charge on any atom is -0.369 e. The Kier molecular flexibility index (Phi) is 2.70. The third-order valence-electron chi connectivity index (χ3n) is 2.15. The zero-order valence-corrected chi connectivity index (χ0v) is 9.17. The number of amides is 1. The van der Waals surface area contributed by atoms with E-state index < -0.39 is 0 Å². The molecule has 0 spiro atoms. The van der Waals surface area contributed by atoms with Crippen LogP contribution < -0.4 is 11.1 Å². The van der Waals surface area contributed by atoms with Crippen molar-refractivity contribution in [3.05, 3.63) is 23.0 Å². The summed E-state index contributed by atoms with van der Waals surface area (Å²) in [7, 11) is 0. The van der Waals surface area contributed by atoms with Crippen molar-refractivity contribution in [2.75, 3.05) is 6.54 Å². The molecule has 0 aliphatic carbocycles. The number of aromatic nitrogens is 2. The largest absolute Gasteiger partial charge is 0.369 e. The predicted molar refractivity (Wildman–Crippen MR) is 58.7 cm³/mol. The van der Waals surface area contributed by atoms with E-state index in [2.05, 4.69) is 10.3 Å². The number of carbonyl (C=O) groups is 1. The van der Waals surface area contributed by atoms with Crippen molar-refractivity contribution in [2.45, 2.75) is 13.5 Å². The van der Waals surface area contributed by atoms with E-state index in [1.807, 2.05) is 22.9 Å².